The molecule has 20 heavy (non-hydrogen) atoms. The summed E-state index contributed by atoms with van der Waals surface area (Å²) < 4.78 is 48.9. The third-order valence-electron chi connectivity index (χ3n) is 3.42. The molecule has 1 spiro atoms. The van der Waals surface area contributed by atoms with Crippen molar-refractivity contribution in [2.75, 3.05) is 0 Å². The van der Waals surface area contributed by atoms with Crippen LogP contribution in [0.2, 0.25) is 0 Å². The van der Waals surface area contributed by atoms with Gasteiger partial charge >= 0.3 is 12.1 Å². The zero-order chi connectivity index (χ0) is 14.0. The summed E-state index contributed by atoms with van der Waals surface area (Å²) in [5.41, 5.74) is -0.464. The molecule has 1 saturated heterocycles. The van der Waals surface area contributed by atoms with Crippen molar-refractivity contribution >= 4 is 0 Å². The molecule has 104 valence electrons. The first kappa shape index (κ1) is 11.7. The minimum absolute atomic E-state index is 0.0429. The van der Waals surface area contributed by atoms with E-state index in [9.17, 15) is 13.2 Å². The van der Waals surface area contributed by atoms with Gasteiger partial charge in [0.2, 0.25) is 11.4 Å². The molecule has 0 N–H and O–H groups in total. The van der Waals surface area contributed by atoms with E-state index in [2.05, 4.69) is 0 Å². The van der Waals surface area contributed by atoms with Crippen LogP contribution in [0, 0.1) is 0 Å². The fraction of sp³-hybridized carbons (Fsp3) is 0.231. The summed E-state index contributed by atoms with van der Waals surface area (Å²) in [5, 5.41) is 0. The summed E-state index contributed by atoms with van der Waals surface area (Å²) in [7, 11) is 0. The molecule has 5 rings (SSSR count). The van der Waals surface area contributed by atoms with Gasteiger partial charge in [-0.2, -0.15) is 18.1 Å². The first-order valence-corrected chi connectivity index (χ1v) is 5.79. The molecule has 0 aromatic rings. The highest BCUT2D eigenvalue weighted by Crippen LogP contribution is 2.50. The smallest absolute Gasteiger partial charge is 0.446 e. The topological polar surface area (TPSA) is 36.9 Å². The van der Waals surface area contributed by atoms with Crippen LogP contribution in [0.5, 0.6) is 0 Å². The van der Waals surface area contributed by atoms with Gasteiger partial charge in [-0.3, -0.25) is 4.89 Å². The van der Waals surface area contributed by atoms with Crippen molar-refractivity contribution in [2.24, 2.45) is 0 Å². The molecule has 0 amide bonds. The average Bonchev–Trinajstić information content (AvgIpc) is 2.67. The Labute approximate surface area is 111 Å². The van der Waals surface area contributed by atoms with Crippen molar-refractivity contribution in [3.05, 3.63) is 59.3 Å². The third kappa shape index (κ3) is 1.35. The van der Waals surface area contributed by atoms with E-state index >= 15 is 0 Å². The average molecular weight is 284 g/mol. The number of alkyl halides is 3. The Balaban J connectivity index is 1.92. The molecule has 0 aromatic heterocycles. The molecule has 4 aliphatic heterocycles. The fourth-order valence-corrected chi connectivity index (χ4v) is 2.50. The van der Waals surface area contributed by atoms with Crippen LogP contribution in [-0.4, -0.2) is 18.1 Å². The van der Waals surface area contributed by atoms with Crippen molar-refractivity contribution in [3.63, 3.8) is 0 Å². The number of fused-ring (bicyclic) bond motifs is 2. The largest absolute Gasteiger partial charge is 0.449 e. The Bertz CT molecular complexity index is 638. The van der Waals surface area contributed by atoms with Crippen molar-refractivity contribution in [1.82, 2.24) is 0 Å². The van der Waals surface area contributed by atoms with E-state index in [1.807, 2.05) is 0 Å². The van der Waals surface area contributed by atoms with Gasteiger partial charge < -0.3 is 9.47 Å². The fourth-order valence-electron chi connectivity index (χ4n) is 2.50. The number of hydrogen-bond acceptors (Lipinski definition) is 4. The van der Waals surface area contributed by atoms with Crippen molar-refractivity contribution < 1.29 is 32.4 Å². The zero-order valence-electron chi connectivity index (χ0n) is 9.81. The van der Waals surface area contributed by atoms with Gasteiger partial charge in [0, 0.05) is 17.2 Å². The second-order valence-corrected chi connectivity index (χ2v) is 4.57. The predicted molar refractivity (Wildman–Crippen MR) is 58.4 cm³/mol. The molecule has 2 bridgehead atoms. The van der Waals surface area contributed by atoms with Gasteiger partial charge in [-0.05, 0) is 12.2 Å². The maximum atomic E-state index is 12.9. The normalized spacial score (nSPS) is 33.5. The lowest BCUT2D eigenvalue weighted by Crippen LogP contribution is -2.55. The maximum Gasteiger partial charge on any atom is 0.449 e. The third-order valence-corrected chi connectivity index (χ3v) is 3.42. The highest BCUT2D eigenvalue weighted by atomic mass is 19.4. The lowest BCUT2D eigenvalue weighted by molar-refractivity contribution is -0.428. The lowest BCUT2D eigenvalue weighted by Gasteiger charge is -2.45. The second-order valence-electron chi connectivity index (χ2n) is 4.57. The van der Waals surface area contributed by atoms with Gasteiger partial charge in [0.05, 0.1) is 0 Å². The molecule has 0 saturated carbocycles. The number of allylic oxidation sites excluding steroid dienone is 5. The van der Waals surface area contributed by atoms with E-state index in [1.165, 1.54) is 12.2 Å². The van der Waals surface area contributed by atoms with Crippen LogP contribution in [0.1, 0.15) is 0 Å². The summed E-state index contributed by atoms with van der Waals surface area (Å²) in [6.07, 6.45) is 3.03. The molecule has 1 aliphatic carbocycles. The Hall–Kier alpha value is -2.15. The van der Waals surface area contributed by atoms with E-state index in [4.69, 9.17) is 19.2 Å². The summed E-state index contributed by atoms with van der Waals surface area (Å²) >= 11 is 0. The van der Waals surface area contributed by atoms with Crippen LogP contribution < -0.4 is 0 Å². The quantitative estimate of drug-likeness (QED) is 0.641. The number of ether oxygens (including phenoxy) is 2. The molecule has 0 radical (unpaired) electrons. The summed E-state index contributed by atoms with van der Waals surface area (Å²) in [6, 6.07) is 0. The van der Waals surface area contributed by atoms with Gasteiger partial charge in [-0.25, -0.2) is 0 Å². The van der Waals surface area contributed by atoms with Crippen LogP contribution in [-0.2, 0) is 19.2 Å². The van der Waals surface area contributed by atoms with Gasteiger partial charge in [-0.1, -0.05) is 18.2 Å². The predicted octanol–water partition coefficient (Wildman–Crippen LogP) is 2.78. The summed E-state index contributed by atoms with van der Waals surface area (Å²) in [4.78, 5) is 10.2. The Morgan fingerprint density at radius 2 is 1.90 bits per heavy atom. The van der Waals surface area contributed by atoms with Crippen LogP contribution in [0.3, 0.4) is 0 Å². The molecule has 2 unspecified atom stereocenters. The first-order valence-electron chi connectivity index (χ1n) is 5.79. The Morgan fingerprint density at radius 1 is 1.05 bits per heavy atom. The van der Waals surface area contributed by atoms with Crippen molar-refractivity contribution in [2.45, 2.75) is 18.1 Å². The molecule has 5 aliphatic rings. The van der Waals surface area contributed by atoms with Crippen molar-refractivity contribution in [3.8, 4) is 0 Å². The first-order chi connectivity index (χ1) is 9.50. The Kier molecular flexibility index (Phi) is 2.03. The molecule has 2 atom stereocenters. The van der Waals surface area contributed by atoms with Crippen LogP contribution in [0.15, 0.2) is 59.3 Å². The van der Waals surface area contributed by atoms with Crippen LogP contribution >= 0.6 is 0 Å². The lowest BCUT2D eigenvalue weighted by atomic mass is 9.79. The van der Waals surface area contributed by atoms with Gasteiger partial charge in [0.25, 0.3) is 6.29 Å². The van der Waals surface area contributed by atoms with E-state index in [0.29, 0.717) is 5.57 Å². The Morgan fingerprint density at radius 3 is 2.70 bits per heavy atom. The monoisotopic (exact) mass is 284 g/mol. The highest BCUT2D eigenvalue weighted by molar-refractivity contribution is 5.55. The van der Waals surface area contributed by atoms with Crippen molar-refractivity contribution in [1.29, 1.82) is 0 Å². The summed E-state index contributed by atoms with van der Waals surface area (Å²) in [6.45, 7) is 0. The molecule has 4 heterocycles. The van der Waals surface area contributed by atoms with Crippen LogP contribution in [0.25, 0.3) is 0 Å². The number of hydrogen-bond donors (Lipinski definition) is 0. The minimum Gasteiger partial charge on any atom is -0.446 e. The van der Waals surface area contributed by atoms with E-state index in [0.717, 1.165) is 6.08 Å². The second kappa shape index (κ2) is 3.49. The number of rotatable bonds is 0. The molecular formula is C13H7F3O4. The minimum atomic E-state index is -4.60. The van der Waals surface area contributed by atoms with E-state index in [-0.39, 0.29) is 11.5 Å². The standard InChI is InChI=1S/C13H7F3O4/c14-13(15,16)9-6-8-3-1-2-7-4-5-10-18-11(17-9)12(7,8)20-19-10/h1-6,11H. The SMILES string of the molecule is FC(F)(F)C1=CC2=CC=CC3=CC=C4OOC32C(O4)O1. The molecule has 7 heteroatoms. The van der Waals surface area contributed by atoms with Gasteiger partial charge in [0.15, 0.2) is 0 Å². The summed E-state index contributed by atoms with van der Waals surface area (Å²) in [5.74, 6) is -1.16. The molecular weight excluding hydrogens is 277 g/mol. The maximum absolute atomic E-state index is 12.9. The molecule has 0 aromatic carbocycles. The van der Waals surface area contributed by atoms with E-state index < -0.39 is 23.8 Å². The van der Waals surface area contributed by atoms with Crippen LogP contribution in [0.4, 0.5) is 13.2 Å². The van der Waals surface area contributed by atoms with Gasteiger partial charge in [0.1, 0.15) is 0 Å². The van der Waals surface area contributed by atoms with Gasteiger partial charge in [-0.15, -0.1) is 0 Å². The molecule has 4 nitrogen and oxygen atoms in total. The molecule has 1 fully saturated rings. The highest BCUT2D eigenvalue weighted by Gasteiger charge is 2.60. The van der Waals surface area contributed by atoms with E-state index in [1.54, 1.807) is 18.2 Å². The number of halogens is 3. The zero-order valence-corrected chi connectivity index (χ0v) is 9.81.